The molecule has 0 saturated carbocycles. The van der Waals surface area contributed by atoms with Gasteiger partial charge in [-0.1, -0.05) is 20.8 Å². The maximum absolute atomic E-state index is 12.5. The molecule has 0 aromatic carbocycles. The van der Waals surface area contributed by atoms with Crippen LogP contribution >= 0.6 is 11.8 Å². The number of hydrogen-bond donors (Lipinski definition) is 2. The number of thioether (sulfide) groups is 1. The fraction of sp³-hybridized carbons (Fsp3) is 0.867. The second-order valence-electron chi connectivity index (χ2n) is 5.97. The lowest BCUT2D eigenvalue weighted by atomic mass is 9.88. The number of hydrogen-bond acceptors (Lipinski definition) is 4. The maximum Gasteiger partial charge on any atom is 0.327 e. The monoisotopic (exact) mass is 316 g/mol. The average molecular weight is 316 g/mol. The Bertz CT molecular complexity index is 363. The van der Waals surface area contributed by atoms with Crippen molar-refractivity contribution in [3.05, 3.63) is 0 Å². The van der Waals surface area contributed by atoms with Gasteiger partial charge in [0.2, 0.25) is 5.91 Å². The number of aliphatic carboxylic acids is 1. The minimum Gasteiger partial charge on any atom is -0.480 e. The van der Waals surface area contributed by atoms with Crippen LogP contribution in [0.1, 0.15) is 46.5 Å². The molecule has 0 aliphatic carbocycles. The van der Waals surface area contributed by atoms with Crippen LogP contribution in [0.4, 0.5) is 0 Å². The topological polar surface area (TPSA) is 83.6 Å². The molecule has 6 heteroatoms. The number of carboxylic acids is 1. The largest absolute Gasteiger partial charge is 0.480 e. The summed E-state index contributed by atoms with van der Waals surface area (Å²) >= 11 is 1.57. The maximum atomic E-state index is 12.5. The third kappa shape index (κ3) is 4.88. The van der Waals surface area contributed by atoms with Crippen molar-refractivity contribution in [3.8, 4) is 0 Å². The van der Waals surface area contributed by atoms with Crippen LogP contribution in [0.3, 0.4) is 0 Å². The van der Waals surface area contributed by atoms with Crippen molar-refractivity contribution in [2.24, 2.45) is 17.6 Å². The number of nitrogens with two attached hydrogens (primary N) is 1. The van der Waals surface area contributed by atoms with Gasteiger partial charge in [-0.3, -0.25) is 4.79 Å². The van der Waals surface area contributed by atoms with Crippen molar-refractivity contribution >= 4 is 23.6 Å². The van der Waals surface area contributed by atoms with Gasteiger partial charge in [0.15, 0.2) is 0 Å². The summed E-state index contributed by atoms with van der Waals surface area (Å²) in [6, 6.07) is -0.667. The second-order valence-corrected chi connectivity index (χ2v) is 7.18. The highest BCUT2D eigenvalue weighted by Gasteiger charge is 2.40. The van der Waals surface area contributed by atoms with Gasteiger partial charge in [0.1, 0.15) is 6.04 Å². The van der Waals surface area contributed by atoms with E-state index in [1.165, 1.54) is 0 Å². The minimum atomic E-state index is -0.894. The van der Waals surface area contributed by atoms with Crippen molar-refractivity contribution in [2.75, 3.05) is 12.3 Å². The molecule has 3 unspecified atom stereocenters. The Morgan fingerprint density at radius 1 is 1.38 bits per heavy atom. The molecule has 1 saturated heterocycles. The first kappa shape index (κ1) is 18.3. The molecule has 3 atom stereocenters. The minimum absolute atomic E-state index is 0.00519. The Kier molecular flexibility index (Phi) is 7.52. The van der Waals surface area contributed by atoms with Gasteiger partial charge < -0.3 is 15.7 Å². The summed E-state index contributed by atoms with van der Waals surface area (Å²) in [5, 5.41) is 9.28. The lowest BCUT2D eigenvalue weighted by Crippen LogP contribution is -2.45. The molecule has 3 N–H and O–H groups in total. The Morgan fingerprint density at radius 2 is 2.05 bits per heavy atom. The second kappa shape index (κ2) is 8.63. The van der Waals surface area contributed by atoms with E-state index in [1.54, 1.807) is 16.7 Å². The summed E-state index contributed by atoms with van der Waals surface area (Å²) in [7, 11) is 0. The van der Waals surface area contributed by atoms with Crippen molar-refractivity contribution in [3.63, 3.8) is 0 Å². The van der Waals surface area contributed by atoms with Crippen LogP contribution in [0.25, 0.3) is 0 Å². The summed E-state index contributed by atoms with van der Waals surface area (Å²) in [4.78, 5) is 25.4. The predicted molar refractivity (Wildman–Crippen MR) is 86.0 cm³/mol. The van der Waals surface area contributed by atoms with Crippen molar-refractivity contribution in [1.82, 2.24) is 4.90 Å². The van der Waals surface area contributed by atoms with E-state index < -0.39 is 12.0 Å². The highest BCUT2D eigenvalue weighted by Crippen LogP contribution is 2.32. The number of carboxylic acid groups (broad SMARTS) is 1. The lowest BCUT2D eigenvalue weighted by molar-refractivity contribution is -0.149. The van der Waals surface area contributed by atoms with Crippen molar-refractivity contribution < 1.29 is 14.7 Å². The Labute approximate surface area is 131 Å². The highest BCUT2D eigenvalue weighted by molar-refractivity contribution is 8.00. The Hall–Kier alpha value is -0.750. The van der Waals surface area contributed by atoms with Crippen LogP contribution in [0.5, 0.6) is 0 Å². The van der Waals surface area contributed by atoms with Gasteiger partial charge in [0, 0.05) is 12.2 Å². The van der Waals surface area contributed by atoms with E-state index in [4.69, 9.17) is 5.73 Å². The normalized spacial score (nSPS) is 23.6. The zero-order valence-electron chi connectivity index (χ0n) is 13.2. The van der Waals surface area contributed by atoms with E-state index in [-0.39, 0.29) is 11.3 Å². The Balaban J connectivity index is 2.65. The molecule has 0 bridgehead atoms. The van der Waals surface area contributed by atoms with Crippen molar-refractivity contribution in [1.29, 1.82) is 0 Å². The van der Waals surface area contributed by atoms with Gasteiger partial charge in [-0.25, -0.2) is 4.79 Å². The van der Waals surface area contributed by atoms with Gasteiger partial charge in [-0.2, -0.15) is 0 Å². The third-order valence-electron chi connectivity index (χ3n) is 4.22. The molecule has 122 valence electrons. The average Bonchev–Trinajstić information content (AvgIpc) is 2.86. The molecule has 0 radical (unpaired) electrons. The Morgan fingerprint density at radius 3 is 2.52 bits per heavy atom. The zero-order chi connectivity index (χ0) is 16.0. The van der Waals surface area contributed by atoms with E-state index in [9.17, 15) is 14.7 Å². The lowest BCUT2D eigenvalue weighted by Gasteiger charge is -2.28. The SMILES string of the molecule is CCC1SCC(C(=O)O)N1C(=O)CCC(CCN)C(C)C. The van der Waals surface area contributed by atoms with E-state index in [0.717, 1.165) is 19.3 Å². The molecule has 1 heterocycles. The van der Waals surface area contributed by atoms with Crippen LogP contribution in [0.2, 0.25) is 0 Å². The van der Waals surface area contributed by atoms with Crippen LogP contribution in [-0.2, 0) is 9.59 Å². The molecule has 1 fully saturated rings. The number of carbonyl (C=O) groups excluding carboxylic acids is 1. The van der Waals surface area contributed by atoms with Gasteiger partial charge in [0.05, 0.1) is 5.37 Å². The van der Waals surface area contributed by atoms with E-state index in [0.29, 0.717) is 30.6 Å². The number of nitrogens with zero attached hydrogens (tertiary/aromatic N) is 1. The van der Waals surface area contributed by atoms with Gasteiger partial charge >= 0.3 is 5.97 Å². The van der Waals surface area contributed by atoms with Crippen LogP contribution in [0.15, 0.2) is 0 Å². The van der Waals surface area contributed by atoms with Crippen LogP contribution in [0, 0.1) is 11.8 Å². The van der Waals surface area contributed by atoms with E-state index in [1.807, 2.05) is 6.92 Å². The highest BCUT2D eigenvalue weighted by atomic mass is 32.2. The summed E-state index contributed by atoms with van der Waals surface area (Å²) < 4.78 is 0. The fourth-order valence-electron chi connectivity index (χ4n) is 2.87. The first-order valence-electron chi connectivity index (χ1n) is 7.77. The molecule has 1 amide bonds. The predicted octanol–water partition coefficient (Wildman–Crippen LogP) is 2.15. The van der Waals surface area contributed by atoms with Crippen LogP contribution in [-0.4, -0.2) is 45.6 Å². The quantitative estimate of drug-likeness (QED) is 0.717. The number of carbonyl (C=O) groups is 2. The molecule has 1 aliphatic heterocycles. The molecule has 1 aliphatic rings. The van der Waals surface area contributed by atoms with Crippen LogP contribution < -0.4 is 5.73 Å². The van der Waals surface area contributed by atoms with Gasteiger partial charge in [-0.15, -0.1) is 11.8 Å². The molecule has 0 aromatic rings. The van der Waals surface area contributed by atoms with Crippen molar-refractivity contribution in [2.45, 2.75) is 57.9 Å². The summed E-state index contributed by atoms with van der Waals surface area (Å²) in [5.41, 5.74) is 5.62. The summed E-state index contributed by atoms with van der Waals surface area (Å²) in [6.45, 7) is 6.91. The fourth-order valence-corrected chi connectivity index (χ4v) is 4.23. The number of amides is 1. The first-order valence-corrected chi connectivity index (χ1v) is 8.82. The molecule has 5 nitrogen and oxygen atoms in total. The molecule has 21 heavy (non-hydrogen) atoms. The van der Waals surface area contributed by atoms with E-state index in [2.05, 4.69) is 13.8 Å². The zero-order valence-corrected chi connectivity index (χ0v) is 14.1. The molecular weight excluding hydrogens is 288 g/mol. The van der Waals surface area contributed by atoms with Gasteiger partial charge in [-0.05, 0) is 37.6 Å². The molecule has 1 rings (SSSR count). The molecule has 0 aromatic heterocycles. The van der Waals surface area contributed by atoms with Gasteiger partial charge in [0.25, 0.3) is 0 Å². The first-order chi connectivity index (χ1) is 9.92. The number of rotatable bonds is 8. The third-order valence-corrected chi connectivity index (χ3v) is 5.68. The smallest absolute Gasteiger partial charge is 0.327 e. The molecule has 0 spiro atoms. The standard InChI is InChI=1S/C15H28N2O3S/c1-4-14-17(12(9-21-14)15(19)20)13(18)6-5-11(7-8-16)10(2)3/h10-12,14H,4-9,16H2,1-3H3,(H,19,20). The van der Waals surface area contributed by atoms with E-state index >= 15 is 0 Å². The summed E-state index contributed by atoms with van der Waals surface area (Å²) in [5.74, 6) is 0.496. The summed E-state index contributed by atoms with van der Waals surface area (Å²) in [6.07, 6.45) is 2.91. The molecular formula is C15H28N2O3S.